The molecule has 1 aromatic rings. The van der Waals surface area contributed by atoms with Crippen LogP contribution in [0.2, 0.25) is 0 Å². The molecule has 0 spiro atoms. The third kappa shape index (κ3) is 14.6. The summed E-state index contributed by atoms with van der Waals surface area (Å²) in [5, 5.41) is 54.8. The Morgan fingerprint density at radius 1 is 0.714 bits per heavy atom. The Balaban J connectivity index is 2.42. The minimum atomic E-state index is -1.61. The van der Waals surface area contributed by atoms with Crippen LogP contribution in [0.15, 0.2) is 12.4 Å². The summed E-state index contributed by atoms with van der Waals surface area (Å²) in [6, 6.07) is -5.62. The van der Waals surface area contributed by atoms with Crippen molar-refractivity contribution in [3.63, 3.8) is 0 Å². The molecule has 0 aliphatic carbocycles. The van der Waals surface area contributed by atoms with Crippen LogP contribution in [-0.2, 0) is 41.7 Å². The van der Waals surface area contributed by atoms with Gasteiger partial charge in [-0.25, -0.2) is 24.2 Å². The Bertz CT molecular complexity index is 1110. The Labute approximate surface area is 239 Å². The molecule has 0 fully saturated rings. The highest BCUT2D eigenvalue weighted by Crippen LogP contribution is 2.05. The minimum absolute atomic E-state index is 0.0989. The van der Waals surface area contributed by atoms with E-state index < -0.39 is 85.6 Å². The summed E-state index contributed by atoms with van der Waals surface area (Å²) in [6.07, 6.45) is 2.81. The number of nitrogens with zero attached hydrogens (tertiary/aromatic N) is 2. The van der Waals surface area contributed by atoms with Gasteiger partial charge in [0.2, 0.25) is 5.91 Å². The molecule has 0 bridgehead atoms. The van der Waals surface area contributed by atoms with Crippen molar-refractivity contribution in [1.29, 1.82) is 0 Å². The third-order valence-corrected chi connectivity index (χ3v) is 5.88. The van der Waals surface area contributed by atoms with E-state index in [0.29, 0.717) is 38.2 Å². The van der Waals surface area contributed by atoms with E-state index in [1.165, 1.54) is 10.8 Å². The molecule has 18 heteroatoms. The van der Waals surface area contributed by atoms with Gasteiger partial charge in [0.05, 0.1) is 0 Å². The number of carboxylic acids is 5. The van der Waals surface area contributed by atoms with Crippen molar-refractivity contribution in [2.24, 2.45) is 0 Å². The molecule has 0 aromatic carbocycles. The maximum absolute atomic E-state index is 12.3. The Kier molecular flexibility index (Phi) is 15.6. The molecule has 0 aliphatic heterocycles. The van der Waals surface area contributed by atoms with Crippen LogP contribution in [0, 0.1) is 0 Å². The lowest BCUT2D eigenvalue weighted by atomic mass is 10.1. The summed E-state index contributed by atoms with van der Waals surface area (Å²) in [5.41, 5.74) is 0. The maximum Gasteiger partial charge on any atom is 0.326 e. The molecule has 3 unspecified atom stereocenters. The fourth-order valence-corrected chi connectivity index (χ4v) is 3.72. The van der Waals surface area contributed by atoms with Crippen LogP contribution < -0.4 is 21.3 Å². The monoisotopic (exact) mass is 600 g/mol. The molecule has 0 saturated heterocycles. The summed E-state index contributed by atoms with van der Waals surface area (Å²) in [7, 11) is 0. The number of aromatic nitrogens is 2. The van der Waals surface area contributed by atoms with E-state index in [1.54, 1.807) is 6.20 Å². The lowest BCUT2D eigenvalue weighted by Crippen LogP contribution is -2.51. The molecular weight excluding hydrogens is 564 g/mol. The molecule has 0 radical (unpaired) electrons. The van der Waals surface area contributed by atoms with Crippen molar-refractivity contribution in [3.05, 3.63) is 18.2 Å². The van der Waals surface area contributed by atoms with Gasteiger partial charge in [-0.3, -0.25) is 14.4 Å². The van der Waals surface area contributed by atoms with Gasteiger partial charge in [0.15, 0.2) is 0 Å². The first-order chi connectivity index (χ1) is 19.8. The molecule has 9 N–H and O–H groups in total. The minimum Gasteiger partial charge on any atom is -0.481 e. The zero-order chi connectivity index (χ0) is 31.7. The number of amides is 3. The fourth-order valence-electron chi connectivity index (χ4n) is 3.72. The van der Waals surface area contributed by atoms with Crippen molar-refractivity contribution in [2.75, 3.05) is 13.1 Å². The number of imidazole rings is 1. The fraction of sp³-hybridized carbons (Fsp3) is 0.583. The Morgan fingerprint density at radius 3 is 1.83 bits per heavy atom. The average Bonchev–Trinajstić information content (AvgIpc) is 3.32. The summed E-state index contributed by atoms with van der Waals surface area (Å²) >= 11 is 0. The highest BCUT2D eigenvalue weighted by molar-refractivity contribution is 5.87. The number of urea groups is 1. The second-order valence-corrected chi connectivity index (χ2v) is 9.19. The molecule has 1 heterocycles. The van der Waals surface area contributed by atoms with E-state index in [1.807, 2.05) is 10.6 Å². The van der Waals surface area contributed by atoms with Crippen molar-refractivity contribution in [3.8, 4) is 0 Å². The van der Waals surface area contributed by atoms with Gasteiger partial charge < -0.3 is 51.4 Å². The first-order valence-corrected chi connectivity index (χ1v) is 13.0. The van der Waals surface area contributed by atoms with Gasteiger partial charge in [-0.1, -0.05) is 0 Å². The van der Waals surface area contributed by atoms with Crippen LogP contribution >= 0.6 is 0 Å². The van der Waals surface area contributed by atoms with Gasteiger partial charge in [-0.2, -0.15) is 0 Å². The summed E-state index contributed by atoms with van der Waals surface area (Å²) in [6.45, 7) is 0.864. The van der Waals surface area contributed by atoms with Crippen LogP contribution in [0.25, 0.3) is 0 Å². The van der Waals surface area contributed by atoms with Gasteiger partial charge in [0, 0.05) is 38.2 Å². The number of unbranched alkanes of at least 4 members (excludes halogenated alkanes) is 1. The number of nitrogens with one attached hydrogen (secondary N) is 4. The molecule has 3 atom stereocenters. The number of rotatable bonds is 22. The molecule has 3 amide bonds. The molecule has 0 aliphatic rings. The highest BCUT2D eigenvalue weighted by Gasteiger charge is 2.26. The molecule has 234 valence electrons. The van der Waals surface area contributed by atoms with Crippen molar-refractivity contribution >= 4 is 41.8 Å². The number of carbonyl (C=O) groups excluding carboxylic acids is 2. The Morgan fingerprint density at radius 2 is 1.29 bits per heavy atom. The quantitative estimate of drug-likeness (QED) is 0.0699. The van der Waals surface area contributed by atoms with Crippen LogP contribution in [-0.4, -0.2) is 108 Å². The normalized spacial score (nSPS) is 12.9. The second kappa shape index (κ2) is 18.6. The molecule has 0 saturated carbocycles. The van der Waals surface area contributed by atoms with E-state index in [-0.39, 0.29) is 13.0 Å². The second-order valence-electron chi connectivity index (χ2n) is 9.19. The van der Waals surface area contributed by atoms with Crippen molar-refractivity contribution in [2.45, 2.75) is 76.0 Å². The zero-order valence-electron chi connectivity index (χ0n) is 22.7. The molecule has 1 rings (SSSR count). The number of carbonyl (C=O) groups is 7. The highest BCUT2D eigenvalue weighted by atomic mass is 16.4. The molecule has 1 aromatic heterocycles. The largest absolute Gasteiger partial charge is 0.481 e. The van der Waals surface area contributed by atoms with Gasteiger partial charge in [0.1, 0.15) is 30.5 Å². The van der Waals surface area contributed by atoms with E-state index in [9.17, 15) is 43.8 Å². The van der Waals surface area contributed by atoms with Gasteiger partial charge in [0.25, 0.3) is 0 Å². The predicted octanol–water partition coefficient (Wildman–Crippen LogP) is -1.31. The lowest BCUT2D eigenvalue weighted by Gasteiger charge is -2.19. The van der Waals surface area contributed by atoms with E-state index >= 15 is 0 Å². The van der Waals surface area contributed by atoms with Gasteiger partial charge >= 0.3 is 35.9 Å². The van der Waals surface area contributed by atoms with Gasteiger partial charge in [-0.15, -0.1) is 0 Å². The number of hydrogen-bond acceptors (Lipinski definition) is 9. The Hall–Kier alpha value is -4.74. The van der Waals surface area contributed by atoms with Crippen LogP contribution in [0.3, 0.4) is 0 Å². The summed E-state index contributed by atoms with van der Waals surface area (Å²) in [5.74, 6) is -6.75. The summed E-state index contributed by atoms with van der Waals surface area (Å²) < 4.78 is 1.52. The maximum atomic E-state index is 12.3. The van der Waals surface area contributed by atoms with Crippen LogP contribution in [0.1, 0.15) is 50.8 Å². The first-order valence-electron chi connectivity index (χ1n) is 13.0. The molecular formula is C24H36N6O12. The zero-order valence-corrected chi connectivity index (χ0v) is 22.7. The number of carboxylic acid groups (broad SMARTS) is 5. The number of hydrogen-bond donors (Lipinski definition) is 9. The van der Waals surface area contributed by atoms with Gasteiger partial charge in [-0.05, 0) is 38.6 Å². The lowest BCUT2D eigenvalue weighted by molar-refractivity contribution is -0.142. The van der Waals surface area contributed by atoms with E-state index in [2.05, 4.69) is 15.6 Å². The topological polar surface area (TPSA) is 287 Å². The van der Waals surface area contributed by atoms with Crippen LogP contribution in [0.5, 0.6) is 0 Å². The average molecular weight is 601 g/mol. The van der Waals surface area contributed by atoms with E-state index in [4.69, 9.17) is 15.3 Å². The summed E-state index contributed by atoms with van der Waals surface area (Å²) in [4.78, 5) is 84.2. The molecule has 42 heavy (non-hydrogen) atoms. The standard InChI is InChI=1S/C24H36N6O12/c31-18(6-4-15(22(38)39)28-24(42)29-16(23(40)41)5-7-19(32)33)27-14(21(36)37)3-1-2-9-25-10-8-17-26-11-12-30(17)13-20(34)35/h11-12,14-16,25H,1-10,13H2,(H,27,31)(H,32,33)(H,34,35)(H,36,37)(H,38,39)(H,40,41)(H2,28,29,42). The molecule has 18 nitrogen and oxygen atoms in total. The van der Waals surface area contributed by atoms with E-state index in [0.717, 1.165) is 0 Å². The van der Waals surface area contributed by atoms with Crippen molar-refractivity contribution < 1.29 is 59.1 Å². The smallest absolute Gasteiger partial charge is 0.326 e. The van der Waals surface area contributed by atoms with Crippen LogP contribution in [0.4, 0.5) is 4.79 Å². The predicted molar refractivity (Wildman–Crippen MR) is 140 cm³/mol. The first kappa shape index (κ1) is 35.3. The third-order valence-electron chi connectivity index (χ3n) is 5.88. The number of aliphatic carboxylic acids is 5. The van der Waals surface area contributed by atoms with Crippen molar-refractivity contribution in [1.82, 2.24) is 30.8 Å². The SMILES string of the molecule is O=C(O)CCC(NC(=O)NC(CCC(=O)NC(CCCCNCCc1nccn1CC(=O)O)C(=O)O)C(=O)O)C(=O)O.